The van der Waals surface area contributed by atoms with E-state index in [9.17, 15) is 4.79 Å². The first kappa shape index (κ1) is 18.9. The number of hydrogen-bond acceptors (Lipinski definition) is 2. The standard InChI is InChI=1S/C25H24N2O2/c1-16-14-22-24(27-23(26-22)13-10-18-6-4-3-5-7-18)21(17(16)2)15-19-8-11-20(12-9-19)25(28)29/h3-9,11-12,14H,10,13,15H2,1-2H3,(H,26,27)(H,28,29). The fourth-order valence-corrected chi connectivity index (χ4v) is 3.72. The third-order valence-electron chi connectivity index (χ3n) is 5.55. The van der Waals surface area contributed by atoms with Crippen molar-refractivity contribution in [1.29, 1.82) is 0 Å². The Morgan fingerprint density at radius 3 is 2.38 bits per heavy atom. The van der Waals surface area contributed by atoms with Crippen molar-refractivity contribution < 1.29 is 9.90 Å². The SMILES string of the molecule is Cc1cc2[nH]c(CCc3ccccc3)nc2c(Cc2ccc(C(=O)O)cc2)c1C. The second-order valence-electron chi connectivity index (χ2n) is 7.54. The first-order valence-electron chi connectivity index (χ1n) is 9.85. The molecule has 0 aliphatic heterocycles. The number of carboxylic acids is 1. The summed E-state index contributed by atoms with van der Waals surface area (Å²) in [6.45, 7) is 4.25. The number of carboxylic acid groups (broad SMARTS) is 1. The minimum Gasteiger partial charge on any atom is -0.478 e. The van der Waals surface area contributed by atoms with E-state index < -0.39 is 5.97 Å². The van der Waals surface area contributed by atoms with Crippen LogP contribution in [0.15, 0.2) is 60.7 Å². The number of hydrogen-bond donors (Lipinski definition) is 2. The maximum Gasteiger partial charge on any atom is 0.335 e. The number of nitrogens with zero attached hydrogens (tertiary/aromatic N) is 1. The Morgan fingerprint density at radius 1 is 0.966 bits per heavy atom. The van der Waals surface area contributed by atoms with Gasteiger partial charge >= 0.3 is 5.97 Å². The largest absolute Gasteiger partial charge is 0.478 e. The van der Waals surface area contributed by atoms with Gasteiger partial charge in [0.25, 0.3) is 0 Å². The first-order valence-corrected chi connectivity index (χ1v) is 9.85. The third-order valence-corrected chi connectivity index (χ3v) is 5.55. The van der Waals surface area contributed by atoms with Gasteiger partial charge in [-0.25, -0.2) is 9.78 Å². The molecule has 0 aliphatic rings. The Morgan fingerprint density at radius 2 is 1.69 bits per heavy atom. The van der Waals surface area contributed by atoms with Gasteiger partial charge in [-0.15, -0.1) is 0 Å². The molecule has 4 rings (SSSR count). The van der Waals surface area contributed by atoms with Crippen LogP contribution in [0.3, 0.4) is 0 Å². The molecule has 2 N–H and O–H groups in total. The molecule has 4 aromatic rings. The van der Waals surface area contributed by atoms with Crippen LogP contribution in [0.25, 0.3) is 11.0 Å². The fraction of sp³-hybridized carbons (Fsp3) is 0.200. The van der Waals surface area contributed by atoms with E-state index in [1.54, 1.807) is 12.1 Å². The van der Waals surface area contributed by atoms with E-state index >= 15 is 0 Å². The molecule has 0 saturated heterocycles. The molecule has 0 unspecified atom stereocenters. The van der Waals surface area contributed by atoms with Gasteiger partial charge < -0.3 is 10.1 Å². The summed E-state index contributed by atoms with van der Waals surface area (Å²) in [4.78, 5) is 19.5. The van der Waals surface area contributed by atoms with E-state index in [4.69, 9.17) is 10.1 Å². The molecule has 0 saturated carbocycles. The summed E-state index contributed by atoms with van der Waals surface area (Å²) in [5.74, 6) is 0.0948. The van der Waals surface area contributed by atoms with Crippen molar-refractivity contribution in [2.45, 2.75) is 33.1 Å². The summed E-state index contributed by atoms with van der Waals surface area (Å²) in [5, 5.41) is 9.11. The predicted molar refractivity (Wildman–Crippen MR) is 116 cm³/mol. The summed E-state index contributed by atoms with van der Waals surface area (Å²) in [6.07, 6.45) is 2.54. The highest BCUT2D eigenvalue weighted by molar-refractivity contribution is 5.87. The highest BCUT2D eigenvalue weighted by Gasteiger charge is 2.14. The van der Waals surface area contributed by atoms with Crippen molar-refractivity contribution >= 4 is 17.0 Å². The second-order valence-corrected chi connectivity index (χ2v) is 7.54. The third kappa shape index (κ3) is 4.06. The van der Waals surface area contributed by atoms with Crippen LogP contribution in [0, 0.1) is 13.8 Å². The zero-order chi connectivity index (χ0) is 20.4. The molecule has 146 valence electrons. The van der Waals surface area contributed by atoms with Crippen molar-refractivity contribution in [3.05, 3.63) is 99.9 Å². The van der Waals surface area contributed by atoms with Gasteiger partial charge in [0.2, 0.25) is 0 Å². The molecular weight excluding hydrogens is 360 g/mol. The first-order chi connectivity index (χ1) is 14.0. The summed E-state index contributed by atoms with van der Waals surface area (Å²) in [7, 11) is 0. The molecule has 0 atom stereocenters. The molecule has 3 aromatic carbocycles. The number of fused-ring (bicyclic) bond motifs is 1. The van der Waals surface area contributed by atoms with Gasteiger partial charge in [0, 0.05) is 6.42 Å². The molecule has 4 heteroatoms. The molecule has 1 heterocycles. The summed E-state index contributed by atoms with van der Waals surface area (Å²) >= 11 is 0. The highest BCUT2D eigenvalue weighted by atomic mass is 16.4. The zero-order valence-electron chi connectivity index (χ0n) is 16.7. The van der Waals surface area contributed by atoms with Crippen LogP contribution < -0.4 is 0 Å². The maximum absolute atomic E-state index is 11.1. The Bertz CT molecular complexity index is 1160. The minimum atomic E-state index is -0.902. The number of nitrogens with one attached hydrogen (secondary N) is 1. The highest BCUT2D eigenvalue weighted by Crippen LogP contribution is 2.27. The lowest BCUT2D eigenvalue weighted by atomic mass is 9.95. The predicted octanol–water partition coefficient (Wildman–Crippen LogP) is 5.25. The van der Waals surface area contributed by atoms with Crippen molar-refractivity contribution in [3.63, 3.8) is 0 Å². The van der Waals surface area contributed by atoms with E-state index in [0.29, 0.717) is 5.56 Å². The number of rotatable bonds is 6. The Labute approximate surface area is 170 Å². The lowest BCUT2D eigenvalue weighted by Gasteiger charge is -2.10. The number of H-pyrrole nitrogens is 1. The monoisotopic (exact) mass is 384 g/mol. The number of aromatic carboxylic acids is 1. The molecule has 29 heavy (non-hydrogen) atoms. The number of aromatic amines is 1. The number of benzene rings is 3. The fourth-order valence-electron chi connectivity index (χ4n) is 3.72. The molecule has 0 aliphatic carbocycles. The van der Waals surface area contributed by atoms with E-state index in [1.165, 1.54) is 22.3 Å². The lowest BCUT2D eigenvalue weighted by Crippen LogP contribution is -1.99. The van der Waals surface area contributed by atoms with E-state index in [-0.39, 0.29) is 0 Å². The van der Waals surface area contributed by atoms with E-state index in [1.807, 2.05) is 18.2 Å². The summed E-state index contributed by atoms with van der Waals surface area (Å²) in [6, 6.07) is 19.7. The smallest absolute Gasteiger partial charge is 0.335 e. The Balaban J connectivity index is 1.64. The maximum atomic E-state index is 11.1. The van der Waals surface area contributed by atoms with Gasteiger partial charge in [-0.05, 0) is 72.7 Å². The normalized spacial score (nSPS) is 11.1. The molecule has 1 aromatic heterocycles. The molecule has 0 fully saturated rings. The van der Waals surface area contributed by atoms with Crippen molar-refractivity contribution in [2.75, 3.05) is 0 Å². The number of aromatic nitrogens is 2. The number of carbonyl (C=O) groups is 1. The van der Waals surface area contributed by atoms with Gasteiger partial charge in [-0.1, -0.05) is 42.5 Å². The molecule has 0 spiro atoms. The second kappa shape index (κ2) is 7.92. The van der Waals surface area contributed by atoms with Crippen LogP contribution in [0.2, 0.25) is 0 Å². The summed E-state index contributed by atoms with van der Waals surface area (Å²) in [5.41, 5.74) is 8.44. The summed E-state index contributed by atoms with van der Waals surface area (Å²) < 4.78 is 0. The molecule has 4 nitrogen and oxygen atoms in total. The lowest BCUT2D eigenvalue weighted by molar-refractivity contribution is 0.0697. The van der Waals surface area contributed by atoms with Crippen LogP contribution in [0.1, 0.15) is 44.0 Å². The quantitative estimate of drug-likeness (QED) is 0.477. The van der Waals surface area contributed by atoms with Gasteiger partial charge in [0.1, 0.15) is 5.82 Å². The number of imidazole rings is 1. The molecular formula is C25H24N2O2. The number of aryl methyl sites for hydroxylation is 3. The van der Waals surface area contributed by atoms with E-state index in [2.05, 4.69) is 49.2 Å². The molecule has 0 bridgehead atoms. The van der Waals surface area contributed by atoms with Gasteiger partial charge in [-0.2, -0.15) is 0 Å². The van der Waals surface area contributed by atoms with Gasteiger partial charge in [0.05, 0.1) is 16.6 Å². The van der Waals surface area contributed by atoms with Crippen LogP contribution in [-0.2, 0) is 19.3 Å². The van der Waals surface area contributed by atoms with Crippen LogP contribution in [-0.4, -0.2) is 21.0 Å². The Kier molecular flexibility index (Phi) is 5.17. The minimum absolute atomic E-state index is 0.308. The average molecular weight is 384 g/mol. The van der Waals surface area contributed by atoms with Crippen LogP contribution in [0.5, 0.6) is 0 Å². The van der Waals surface area contributed by atoms with Crippen LogP contribution in [0.4, 0.5) is 0 Å². The van der Waals surface area contributed by atoms with Gasteiger partial charge in [0.15, 0.2) is 0 Å². The van der Waals surface area contributed by atoms with Gasteiger partial charge in [-0.3, -0.25) is 0 Å². The Hall–Kier alpha value is -3.40. The van der Waals surface area contributed by atoms with E-state index in [0.717, 1.165) is 41.7 Å². The zero-order valence-corrected chi connectivity index (χ0v) is 16.7. The average Bonchev–Trinajstić information content (AvgIpc) is 3.13. The topological polar surface area (TPSA) is 66.0 Å². The van der Waals surface area contributed by atoms with Crippen molar-refractivity contribution in [2.24, 2.45) is 0 Å². The molecule has 0 radical (unpaired) electrons. The van der Waals surface area contributed by atoms with Crippen molar-refractivity contribution in [3.8, 4) is 0 Å². The van der Waals surface area contributed by atoms with Crippen molar-refractivity contribution in [1.82, 2.24) is 9.97 Å². The van der Waals surface area contributed by atoms with Crippen LogP contribution >= 0.6 is 0 Å². The molecule has 0 amide bonds.